The molecule has 0 radical (unpaired) electrons. The second-order valence-electron chi connectivity index (χ2n) is 9.65. The van der Waals surface area contributed by atoms with Gasteiger partial charge in [-0.3, -0.25) is 14.4 Å². The van der Waals surface area contributed by atoms with Crippen LogP contribution in [0.4, 0.5) is 10.1 Å². The Hall–Kier alpha value is -4.08. The van der Waals surface area contributed by atoms with E-state index in [-0.39, 0.29) is 30.3 Å². The molecule has 0 bridgehead atoms. The minimum Gasteiger partial charge on any atom is -0.497 e. The summed E-state index contributed by atoms with van der Waals surface area (Å²) >= 11 is 0. The number of carbonyl (C=O) groups excluding carboxylic acids is 2. The second kappa shape index (κ2) is 8.85. The van der Waals surface area contributed by atoms with E-state index in [1.165, 1.54) is 17.0 Å². The summed E-state index contributed by atoms with van der Waals surface area (Å²) in [5, 5.41) is 4.93. The van der Waals surface area contributed by atoms with Crippen LogP contribution in [0.2, 0.25) is 0 Å². The number of rotatable bonds is 5. The summed E-state index contributed by atoms with van der Waals surface area (Å²) in [6.45, 7) is 4.39. The Kier molecular flexibility index (Phi) is 5.82. The normalized spacial score (nSPS) is 17.7. The zero-order valence-corrected chi connectivity index (χ0v) is 20.1. The fourth-order valence-corrected chi connectivity index (χ4v) is 4.91. The molecule has 36 heavy (non-hydrogen) atoms. The molecule has 1 aromatic heterocycles. The third-order valence-electron chi connectivity index (χ3n) is 6.63. The van der Waals surface area contributed by atoms with Crippen LogP contribution in [0.1, 0.15) is 42.3 Å². The van der Waals surface area contributed by atoms with E-state index in [0.717, 1.165) is 5.56 Å². The lowest BCUT2D eigenvalue weighted by Crippen LogP contribution is -2.46. The van der Waals surface area contributed by atoms with Crippen molar-refractivity contribution >= 4 is 17.5 Å². The van der Waals surface area contributed by atoms with Crippen molar-refractivity contribution in [2.45, 2.75) is 38.1 Å². The van der Waals surface area contributed by atoms with Gasteiger partial charge in [0.05, 0.1) is 20.1 Å². The number of hydrogen-bond donors (Lipinski definition) is 2. The number of anilines is 1. The van der Waals surface area contributed by atoms with Gasteiger partial charge in [-0.1, -0.05) is 19.9 Å². The van der Waals surface area contributed by atoms with Crippen molar-refractivity contribution in [1.29, 1.82) is 0 Å². The van der Waals surface area contributed by atoms with Crippen molar-refractivity contribution in [3.8, 4) is 11.5 Å². The summed E-state index contributed by atoms with van der Waals surface area (Å²) in [6.07, 6.45) is 0.319. The first-order valence-corrected chi connectivity index (χ1v) is 11.6. The smallest absolute Gasteiger partial charge is 0.280 e. The Labute approximate surface area is 206 Å². The third kappa shape index (κ3) is 4.23. The number of fused-ring (bicyclic) bond motifs is 2. The van der Waals surface area contributed by atoms with E-state index in [1.54, 1.807) is 25.3 Å². The predicted molar refractivity (Wildman–Crippen MR) is 128 cm³/mol. The van der Waals surface area contributed by atoms with E-state index in [2.05, 4.69) is 10.5 Å². The number of nitrogens with one attached hydrogen (secondary N) is 2. The number of methoxy groups -OCH3 is 1. The molecule has 2 aromatic carbocycles. The molecule has 188 valence electrons. The van der Waals surface area contributed by atoms with Crippen LogP contribution in [0, 0.1) is 5.82 Å². The fraction of sp³-hybridized carbons (Fsp3) is 0.346. The Morgan fingerprint density at radius 2 is 2.06 bits per heavy atom. The Bertz CT molecular complexity index is 1410. The van der Waals surface area contributed by atoms with Crippen LogP contribution in [-0.2, 0) is 27.8 Å². The van der Waals surface area contributed by atoms with Crippen molar-refractivity contribution in [2.24, 2.45) is 0 Å². The van der Waals surface area contributed by atoms with E-state index < -0.39 is 28.7 Å². The summed E-state index contributed by atoms with van der Waals surface area (Å²) in [6, 6.07) is 8.41. The Morgan fingerprint density at radius 3 is 2.78 bits per heavy atom. The molecule has 3 aromatic rings. The van der Waals surface area contributed by atoms with Crippen molar-refractivity contribution in [1.82, 2.24) is 10.1 Å². The van der Waals surface area contributed by atoms with Crippen molar-refractivity contribution in [3.63, 3.8) is 0 Å². The number of amides is 2. The Morgan fingerprint density at radius 1 is 1.25 bits per heavy atom. The number of halogens is 1. The van der Waals surface area contributed by atoms with Crippen molar-refractivity contribution in [3.05, 3.63) is 75.0 Å². The molecule has 5 rings (SSSR count). The average molecular weight is 496 g/mol. The number of H-pyrrole nitrogens is 1. The summed E-state index contributed by atoms with van der Waals surface area (Å²) in [7, 11) is 1.56. The zero-order valence-electron chi connectivity index (χ0n) is 20.1. The molecule has 0 fully saturated rings. The predicted octanol–water partition coefficient (Wildman–Crippen LogP) is 3.09. The average Bonchev–Trinajstić information content (AvgIpc) is 3.39. The van der Waals surface area contributed by atoms with Gasteiger partial charge in [0, 0.05) is 35.3 Å². The SMILES string of the molecule is COc1ccc2c(c1)CCN(C(=O)Cc1cc(=O)[nH]o1)C2C(=O)Nc1cc(F)c2c(c1)OCC2(C)C. The van der Waals surface area contributed by atoms with Gasteiger partial charge in [0.15, 0.2) is 0 Å². The molecule has 9 nitrogen and oxygen atoms in total. The molecule has 0 aliphatic carbocycles. The standard InChI is InChI=1S/C26H26FN3O6/c1-26(2)13-35-20-10-15(9-19(27)23(20)26)28-25(33)24-18-5-4-16(34-3)8-14(18)6-7-30(24)22(32)12-17-11-21(31)29-36-17/h4-5,8-11,24H,6-7,12-13H2,1-3H3,(H,28,33)(H,29,31). The highest BCUT2D eigenvalue weighted by Gasteiger charge is 2.38. The minimum absolute atomic E-state index is 0.171. The van der Waals surface area contributed by atoms with E-state index in [4.69, 9.17) is 14.0 Å². The number of benzene rings is 2. The molecular formula is C26H26FN3O6. The Balaban J connectivity index is 1.47. The topological polar surface area (TPSA) is 114 Å². The summed E-state index contributed by atoms with van der Waals surface area (Å²) < 4.78 is 31.0. The minimum atomic E-state index is -0.980. The molecule has 10 heteroatoms. The zero-order chi connectivity index (χ0) is 25.6. The molecule has 3 heterocycles. The monoisotopic (exact) mass is 495 g/mol. The maximum Gasteiger partial charge on any atom is 0.280 e. The maximum absolute atomic E-state index is 15.0. The number of aromatic amines is 1. The maximum atomic E-state index is 15.0. The number of ether oxygens (including phenoxy) is 2. The van der Waals surface area contributed by atoms with E-state index >= 15 is 0 Å². The third-order valence-corrected chi connectivity index (χ3v) is 6.63. The summed E-state index contributed by atoms with van der Waals surface area (Å²) in [5.41, 5.74) is 1.30. The van der Waals surface area contributed by atoms with E-state index in [1.807, 2.05) is 19.9 Å². The van der Waals surface area contributed by atoms with Crippen molar-refractivity contribution in [2.75, 3.05) is 25.6 Å². The highest BCUT2D eigenvalue weighted by atomic mass is 19.1. The summed E-state index contributed by atoms with van der Waals surface area (Å²) in [5.74, 6) is -0.146. The number of carbonyl (C=O) groups is 2. The van der Waals surface area contributed by atoms with Gasteiger partial charge in [0.1, 0.15) is 29.1 Å². The molecule has 2 aliphatic rings. The second-order valence-corrected chi connectivity index (χ2v) is 9.65. The lowest BCUT2D eigenvalue weighted by atomic mass is 9.86. The highest BCUT2D eigenvalue weighted by molar-refractivity contribution is 5.99. The van der Waals surface area contributed by atoms with Crippen LogP contribution in [0.25, 0.3) is 0 Å². The van der Waals surface area contributed by atoms with E-state index in [0.29, 0.717) is 35.7 Å². The van der Waals surface area contributed by atoms with Gasteiger partial charge in [-0.25, -0.2) is 4.39 Å². The van der Waals surface area contributed by atoms with Gasteiger partial charge in [0.2, 0.25) is 5.91 Å². The lowest BCUT2D eigenvalue weighted by Gasteiger charge is -2.36. The van der Waals surface area contributed by atoms with Gasteiger partial charge in [-0.05, 0) is 35.7 Å². The molecule has 1 atom stereocenters. The highest BCUT2D eigenvalue weighted by Crippen LogP contribution is 2.42. The van der Waals surface area contributed by atoms with Crippen LogP contribution in [0.15, 0.2) is 45.7 Å². The first-order valence-electron chi connectivity index (χ1n) is 11.6. The van der Waals surface area contributed by atoms with Crippen molar-refractivity contribution < 1.29 is 28.0 Å². The quantitative estimate of drug-likeness (QED) is 0.562. The van der Waals surface area contributed by atoms with Crippen LogP contribution in [0.3, 0.4) is 0 Å². The van der Waals surface area contributed by atoms with Gasteiger partial charge >= 0.3 is 0 Å². The van der Waals surface area contributed by atoms with Gasteiger partial charge in [-0.15, -0.1) is 0 Å². The largest absolute Gasteiger partial charge is 0.497 e. The molecular weight excluding hydrogens is 469 g/mol. The number of aromatic nitrogens is 1. The number of nitrogens with zero attached hydrogens (tertiary/aromatic N) is 1. The lowest BCUT2D eigenvalue weighted by molar-refractivity contribution is -0.139. The van der Waals surface area contributed by atoms with Gasteiger partial charge < -0.3 is 24.2 Å². The molecule has 1 unspecified atom stereocenters. The summed E-state index contributed by atoms with van der Waals surface area (Å²) in [4.78, 5) is 39.7. The van der Waals surface area contributed by atoms with Gasteiger partial charge in [0.25, 0.3) is 11.5 Å². The van der Waals surface area contributed by atoms with Crippen LogP contribution >= 0.6 is 0 Å². The molecule has 2 aliphatic heterocycles. The van der Waals surface area contributed by atoms with Crippen LogP contribution in [-0.4, -0.2) is 42.1 Å². The molecule has 0 saturated carbocycles. The first-order chi connectivity index (χ1) is 17.2. The van der Waals surface area contributed by atoms with E-state index in [9.17, 15) is 18.8 Å². The number of hydrogen-bond acceptors (Lipinski definition) is 6. The molecule has 2 N–H and O–H groups in total. The van der Waals surface area contributed by atoms with Gasteiger partial charge in [-0.2, -0.15) is 5.16 Å². The first kappa shape index (κ1) is 23.7. The van der Waals surface area contributed by atoms with Crippen LogP contribution in [0.5, 0.6) is 11.5 Å². The molecule has 0 spiro atoms. The fourth-order valence-electron chi connectivity index (χ4n) is 4.91. The van der Waals surface area contributed by atoms with Crippen LogP contribution < -0.4 is 20.3 Å². The molecule has 0 saturated heterocycles. The molecule has 2 amide bonds.